The molecule has 1 heterocycles. The van der Waals surface area contributed by atoms with Crippen molar-refractivity contribution in [1.29, 1.82) is 0 Å². The standard InChI is InChI=1S/C18H28N2O3/c1-3-10-20-11-5-4-9-16(20)18(22)19-13-17(21)14-7-6-8-15(12-14)23-2/h6-8,12,16-17,21H,3-5,9-11,13H2,1-2H3,(H,19,22). The molecule has 5 nitrogen and oxygen atoms in total. The van der Waals surface area contributed by atoms with Crippen molar-refractivity contribution in [2.75, 3.05) is 26.7 Å². The number of piperidine rings is 1. The van der Waals surface area contributed by atoms with Crippen LogP contribution in [0.4, 0.5) is 0 Å². The minimum Gasteiger partial charge on any atom is -0.497 e. The molecule has 1 fully saturated rings. The van der Waals surface area contributed by atoms with Crippen LogP contribution in [0.15, 0.2) is 24.3 Å². The summed E-state index contributed by atoms with van der Waals surface area (Å²) in [4.78, 5) is 14.7. The fourth-order valence-electron chi connectivity index (χ4n) is 3.12. The number of hydrogen-bond donors (Lipinski definition) is 2. The molecule has 1 aliphatic heterocycles. The summed E-state index contributed by atoms with van der Waals surface area (Å²) in [5.74, 6) is 0.731. The van der Waals surface area contributed by atoms with Crippen molar-refractivity contribution in [3.05, 3.63) is 29.8 Å². The van der Waals surface area contributed by atoms with E-state index in [9.17, 15) is 9.90 Å². The summed E-state index contributed by atoms with van der Waals surface area (Å²) in [6, 6.07) is 7.24. The van der Waals surface area contributed by atoms with E-state index in [2.05, 4.69) is 17.1 Å². The Hall–Kier alpha value is -1.59. The number of methoxy groups -OCH3 is 1. The Kier molecular flexibility index (Phi) is 6.86. The van der Waals surface area contributed by atoms with Crippen LogP contribution >= 0.6 is 0 Å². The van der Waals surface area contributed by atoms with E-state index in [0.717, 1.165) is 44.3 Å². The van der Waals surface area contributed by atoms with Gasteiger partial charge in [0, 0.05) is 6.54 Å². The topological polar surface area (TPSA) is 61.8 Å². The Balaban J connectivity index is 1.89. The summed E-state index contributed by atoms with van der Waals surface area (Å²) in [7, 11) is 1.60. The van der Waals surface area contributed by atoms with Gasteiger partial charge in [0.05, 0.1) is 19.3 Å². The number of carbonyl (C=O) groups excluding carboxylic acids is 1. The number of likely N-dealkylation sites (tertiary alicyclic amines) is 1. The maximum absolute atomic E-state index is 12.5. The minimum atomic E-state index is -0.725. The van der Waals surface area contributed by atoms with Crippen molar-refractivity contribution in [3.63, 3.8) is 0 Å². The number of aliphatic hydroxyl groups is 1. The average Bonchev–Trinajstić information content (AvgIpc) is 2.60. The smallest absolute Gasteiger partial charge is 0.237 e. The minimum absolute atomic E-state index is 0.0279. The highest BCUT2D eigenvalue weighted by Crippen LogP contribution is 2.20. The average molecular weight is 320 g/mol. The van der Waals surface area contributed by atoms with Crippen molar-refractivity contribution in [1.82, 2.24) is 10.2 Å². The molecule has 1 aromatic carbocycles. The third kappa shape index (κ3) is 4.94. The van der Waals surface area contributed by atoms with E-state index in [0.29, 0.717) is 5.75 Å². The molecule has 2 N–H and O–H groups in total. The molecule has 128 valence electrons. The molecule has 2 rings (SSSR count). The fourth-order valence-corrected chi connectivity index (χ4v) is 3.12. The van der Waals surface area contributed by atoms with Gasteiger partial charge in [0.2, 0.25) is 5.91 Å². The highest BCUT2D eigenvalue weighted by Gasteiger charge is 2.28. The quantitative estimate of drug-likeness (QED) is 0.808. The lowest BCUT2D eigenvalue weighted by Crippen LogP contribution is -2.50. The molecule has 0 bridgehead atoms. The van der Waals surface area contributed by atoms with E-state index < -0.39 is 6.10 Å². The van der Waals surface area contributed by atoms with Crippen LogP contribution in [0.2, 0.25) is 0 Å². The van der Waals surface area contributed by atoms with Crippen LogP contribution in [0.25, 0.3) is 0 Å². The molecule has 0 aromatic heterocycles. The second kappa shape index (κ2) is 8.89. The largest absolute Gasteiger partial charge is 0.497 e. The molecule has 5 heteroatoms. The van der Waals surface area contributed by atoms with Crippen molar-refractivity contribution < 1.29 is 14.6 Å². The third-order valence-electron chi connectivity index (χ3n) is 4.38. The second-order valence-corrected chi connectivity index (χ2v) is 6.09. The Morgan fingerprint density at radius 3 is 3.04 bits per heavy atom. The van der Waals surface area contributed by atoms with Crippen molar-refractivity contribution in [2.24, 2.45) is 0 Å². The number of benzene rings is 1. The molecule has 2 atom stereocenters. The third-order valence-corrected chi connectivity index (χ3v) is 4.38. The number of carbonyl (C=O) groups is 1. The van der Waals surface area contributed by atoms with E-state index >= 15 is 0 Å². The number of nitrogens with one attached hydrogen (secondary N) is 1. The summed E-state index contributed by atoms with van der Waals surface area (Å²) in [6.45, 7) is 4.31. The maximum Gasteiger partial charge on any atom is 0.237 e. The van der Waals surface area contributed by atoms with Gasteiger partial charge in [0.25, 0.3) is 0 Å². The molecule has 2 unspecified atom stereocenters. The molecule has 1 aromatic rings. The highest BCUT2D eigenvalue weighted by atomic mass is 16.5. The first-order valence-electron chi connectivity index (χ1n) is 8.49. The first-order chi connectivity index (χ1) is 11.2. The molecule has 0 radical (unpaired) electrons. The molecule has 1 aliphatic rings. The number of amides is 1. The Labute approximate surface area is 138 Å². The number of nitrogens with zero attached hydrogens (tertiary/aromatic N) is 1. The number of hydrogen-bond acceptors (Lipinski definition) is 4. The van der Waals surface area contributed by atoms with Crippen LogP contribution in [0, 0.1) is 0 Å². The Morgan fingerprint density at radius 2 is 2.30 bits per heavy atom. The fraction of sp³-hybridized carbons (Fsp3) is 0.611. The molecular weight excluding hydrogens is 292 g/mol. The maximum atomic E-state index is 12.5. The van der Waals surface area contributed by atoms with Gasteiger partial charge in [0.1, 0.15) is 5.75 Å². The van der Waals surface area contributed by atoms with Crippen molar-refractivity contribution >= 4 is 5.91 Å². The number of aliphatic hydroxyl groups excluding tert-OH is 1. The van der Waals surface area contributed by atoms with E-state index in [1.165, 1.54) is 0 Å². The van der Waals surface area contributed by atoms with Gasteiger partial charge in [-0.2, -0.15) is 0 Å². The van der Waals surface area contributed by atoms with Gasteiger partial charge in [-0.1, -0.05) is 25.5 Å². The van der Waals surface area contributed by atoms with E-state index in [1.807, 2.05) is 18.2 Å². The van der Waals surface area contributed by atoms with Gasteiger partial charge in [-0.05, 0) is 50.0 Å². The van der Waals surface area contributed by atoms with Crippen LogP contribution in [0.3, 0.4) is 0 Å². The molecule has 1 amide bonds. The van der Waals surface area contributed by atoms with Gasteiger partial charge < -0.3 is 15.2 Å². The zero-order chi connectivity index (χ0) is 16.7. The van der Waals surface area contributed by atoms with Crippen LogP contribution in [0.1, 0.15) is 44.3 Å². The monoisotopic (exact) mass is 320 g/mol. The van der Waals surface area contributed by atoms with Gasteiger partial charge in [0.15, 0.2) is 0 Å². The van der Waals surface area contributed by atoms with E-state index in [4.69, 9.17) is 4.74 Å². The van der Waals surface area contributed by atoms with Gasteiger partial charge in [-0.15, -0.1) is 0 Å². The predicted molar refractivity (Wildman–Crippen MR) is 90.5 cm³/mol. The summed E-state index contributed by atoms with van der Waals surface area (Å²) in [6.07, 6.45) is 3.49. The van der Waals surface area contributed by atoms with Crippen LogP contribution in [-0.4, -0.2) is 48.7 Å². The molecule has 23 heavy (non-hydrogen) atoms. The van der Waals surface area contributed by atoms with E-state index in [1.54, 1.807) is 13.2 Å². The number of ether oxygens (including phenoxy) is 1. The first-order valence-corrected chi connectivity index (χ1v) is 8.49. The SMILES string of the molecule is CCCN1CCCCC1C(=O)NCC(O)c1cccc(OC)c1. The zero-order valence-corrected chi connectivity index (χ0v) is 14.1. The summed E-state index contributed by atoms with van der Waals surface area (Å²) in [5.41, 5.74) is 0.749. The Morgan fingerprint density at radius 1 is 1.48 bits per heavy atom. The second-order valence-electron chi connectivity index (χ2n) is 6.09. The van der Waals surface area contributed by atoms with Crippen LogP contribution in [-0.2, 0) is 4.79 Å². The Bertz CT molecular complexity index is 505. The molecule has 0 aliphatic carbocycles. The lowest BCUT2D eigenvalue weighted by Gasteiger charge is -2.34. The van der Waals surface area contributed by atoms with Crippen molar-refractivity contribution in [2.45, 2.75) is 44.8 Å². The normalized spacial score (nSPS) is 20.0. The number of rotatable bonds is 7. The lowest BCUT2D eigenvalue weighted by atomic mass is 10.0. The summed E-state index contributed by atoms with van der Waals surface area (Å²) in [5, 5.41) is 13.2. The molecule has 1 saturated heterocycles. The van der Waals surface area contributed by atoms with Crippen LogP contribution < -0.4 is 10.1 Å². The molecular formula is C18H28N2O3. The first kappa shape index (κ1) is 17.8. The summed E-state index contributed by atoms with van der Waals surface area (Å²) >= 11 is 0. The predicted octanol–water partition coefficient (Wildman–Crippen LogP) is 2.11. The zero-order valence-electron chi connectivity index (χ0n) is 14.1. The van der Waals surface area contributed by atoms with Gasteiger partial charge in [-0.3, -0.25) is 9.69 Å². The molecule has 0 spiro atoms. The highest BCUT2D eigenvalue weighted by molar-refractivity contribution is 5.81. The summed E-state index contributed by atoms with van der Waals surface area (Å²) < 4.78 is 5.16. The molecule has 0 saturated carbocycles. The van der Waals surface area contributed by atoms with Crippen LogP contribution in [0.5, 0.6) is 5.75 Å². The van der Waals surface area contributed by atoms with Gasteiger partial charge in [-0.25, -0.2) is 0 Å². The lowest BCUT2D eigenvalue weighted by molar-refractivity contribution is -0.128. The van der Waals surface area contributed by atoms with Crippen molar-refractivity contribution in [3.8, 4) is 5.75 Å². The van der Waals surface area contributed by atoms with E-state index in [-0.39, 0.29) is 18.5 Å². The van der Waals surface area contributed by atoms with Gasteiger partial charge >= 0.3 is 0 Å².